The number of urea groups is 1. The maximum atomic E-state index is 13.2. The van der Waals surface area contributed by atoms with E-state index >= 15 is 0 Å². The van der Waals surface area contributed by atoms with E-state index in [4.69, 9.17) is 4.74 Å². The van der Waals surface area contributed by atoms with Crippen LogP contribution in [0.1, 0.15) is 37.8 Å². The molecule has 0 aliphatic heterocycles. The first-order valence-corrected chi connectivity index (χ1v) is 9.59. The SMILES string of the molecule is CCCCNC(=O)N(C)Cc1cccc(-c2cc(C(F)(F)F)ccc2OC(C)=O)c1. The Morgan fingerprint density at radius 2 is 1.87 bits per heavy atom. The van der Waals surface area contributed by atoms with E-state index in [1.165, 1.54) is 11.8 Å². The van der Waals surface area contributed by atoms with Gasteiger partial charge in [0.05, 0.1) is 5.56 Å². The molecule has 2 rings (SSSR count). The van der Waals surface area contributed by atoms with Crippen LogP contribution in [0.2, 0.25) is 0 Å². The average Bonchev–Trinajstić information content (AvgIpc) is 2.67. The standard InChI is InChI=1S/C22H25F3N2O3/c1-4-5-11-26-21(29)27(3)14-16-7-6-8-17(12-16)19-13-18(22(23,24)25)9-10-20(19)30-15(2)28/h6-10,12-13H,4-5,11,14H2,1-3H3,(H,26,29). The molecule has 1 N–H and O–H groups in total. The Kier molecular flexibility index (Phi) is 7.86. The van der Waals surface area contributed by atoms with Crippen molar-refractivity contribution >= 4 is 12.0 Å². The zero-order valence-electron chi connectivity index (χ0n) is 17.2. The maximum Gasteiger partial charge on any atom is 0.416 e. The van der Waals surface area contributed by atoms with Gasteiger partial charge in [-0.15, -0.1) is 0 Å². The molecule has 0 unspecified atom stereocenters. The van der Waals surface area contributed by atoms with Crippen molar-refractivity contribution in [2.75, 3.05) is 13.6 Å². The zero-order valence-corrected chi connectivity index (χ0v) is 17.2. The maximum absolute atomic E-state index is 13.2. The van der Waals surface area contributed by atoms with E-state index in [0.29, 0.717) is 12.1 Å². The second-order valence-corrected chi connectivity index (χ2v) is 6.94. The van der Waals surface area contributed by atoms with Gasteiger partial charge >= 0.3 is 18.2 Å². The fourth-order valence-corrected chi connectivity index (χ4v) is 2.87. The highest BCUT2D eigenvalue weighted by Crippen LogP contribution is 2.37. The monoisotopic (exact) mass is 422 g/mol. The van der Waals surface area contributed by atoms with Gasteiger partial charge in [-0.3, -0.25) is 4.79 Å². The molecule has 30 heavy (non-hydrogen) atoms. The minimum Gasteiger partial charge on any atom is -0.426 e. The average molecular weight is 422 g/mol. The van der Waals surface area contributed by atoms with E-state index in [9.17, 15) is 22.8 Å². The Morgan fingerprint density at radius 1 is 1.13 bits per heavy atom. The summed E-state index contributed by atoms with van der Waals surface area (Å²) in [5.74, 6) is -0.589. The number of ether oxygens (including phenoxy) is 1. The topological polar surface area (TPSA) is 58.6 Å². The van der Waals surface area contributed by atoms with Gasteiger partial charge in [-0.25, -0.2) is 4.79 Å². The molecule has 0 heterocycles. The molecule has 0 fully saturated rings. The third-order valence-corrected chi connectivity index (χ3v) is 4.37. The Morgan fingerprint density at radius 3 is 2.50 bits per heavy atom. The number of carbonyl (C=O) groups is 2. The smallest absolute Gasteiger partial charge is 0.416 e. The molecule has 0 aromatic heterocycles. The van der Waals surface area contributed by atoms with Crippen LogP contribution >= 0.6 is 0 Å². The van der Waals surface area contributed by atoms with Gasteiger partial charge in [-0.2, -0.15) is 13.2 Å². The predicted molar refractivity (Wildman–Crippen MR) is 108 cm³/mol. The van der Waals surface area contributed by atoms with Crippen LogP contribution in [0.25, 0.3) is 11.1 Å². The molecule has 2 aromatic rings. The van der Waals surface area contributed by atoms with Crippen molar-refractivity contribution in [3.8, 4) is 16.9 Å². The molecule has 0 aliphatic rings. The summed E-state index contributed by atoms with van der Waals surface area (Å²) in [6.45, 7) is 4.06. The van der Waals surface area contributed by atoms with Crippen LogP contribution in [0, 0.1) is 0 Å². The lowest BCUT2D eigenvalue weighted by molar-refractivity contribution is -0.137. The molecule has 0 radical (unpaired) electrons. The van der Waals surface area contributed by atoms with Crippen LogP contribution in [0.5, 0.6) is 5.75 Å². The van der Waals surface area contributed by atoms with Crippen molar-refractivity contribution in [1.29, 1.82) is 0 Å². The van der Waals surface area contributed by atoms with Crippen molar-refractivity contribution in [3.63, 3.8) is 0 Å². The summed E-state index contributed by atoms with van der Waals surface area (Å²) < 4.78 is 44.7. The van der Waals surface area contributed by atoms with E-state index in [1.807, 2.05) is 6.92 Å². The minimum atomic E-state index is -4.53. The van der Waals surface area contributed by atoms with Crippen molar-refractivity contribution in [3.05, 3.63) is 53.6 Å². The van der Waals surface area contributed by atoms with Crippen LogP contribution in [0.15, 0.2) is 42.5 Å². The number of hydrogen-bond donors (Lipinski definition) is 1. The van der Waals surface area contributed by atoms with Crippen LogP contribution in [-0.4, -0.2) is 30.5 Å². The van der Waals surface area contributed by atoms with Crippen molar-refractivity contribution < 1.29 is 27.5 Å². The fraction of sp³-hybridized carbons (Fsp3) is 0.364. The highest BCUT2D eigenvalue weighted by atomic mass is 19.4. The summed E-state index contributed by atoms with van der Waals surface area (Å²) in [6, 6.07) is 9.52. The lowest BCUT2D eigenvalue weighted by atomic mass is 9.99. The number of alkyl halides is 3. The van der Waals surface area contributed by atoms with Gasteiger partial charge in [-0.1, -0.05) is 31.5 Å². The number of nitrogens with one attached hydrogen (secondary N) is 1. The van der Waals surface area contributed by atoms with Crippen LogP contribution in [0.4, 0.5) is 18.0 Å². The third kappa shape index (κ3) is 6.50. The molecule has 0 spiro atoms. The van der Waals surface area contributed by atoms with Crippen molar-refractivity contribution in [2.24, 2.45) is 0 Å². The number of esters is 1. The number of amides is 2. The molecule has 162 valence electrons. The summed E-state index contributed by atoms with van der Waals surface area (Å²) in [5, 5.41) is 2.81. The first kappa shape index (κ1) is 23.3. The fourth-order valence-electron chi connectivity index (χ4n) is 2.87. The van der Waals surface area contributed by atoms with Gasteiger partial charge < -0.3 is 15.0 Å². The highest BCUT2D eigenvalue weighted by molar-refractivity contribution is 5.78. The Balaban J connectivity index is 2.31. The second kappa shape index (κ2) is 10.1. The summed E-state index contributed by atoms with van der Waals surface area (Å²) >= 11 is 0. The Bertz CT molecular complexity index is 897. The van der Waals surface area contributed by atoms with Gasteiger partial charge in [-0.05, 0) is 41.8 Å². The quantitative estimate of drug-likeness (QED) is 0.377. The van der Waals surface area contributed by atoms with Gasteiger partial charge in [0.1, 0.15) is 5.75 Å². The number of nitrogens with zero attached hydrogens (tertiary/aromatic N) is 1. The van der Waals surface area contributed by atoms with Gasteiger partial charge in [0, 0.05) is 32.6 Å². The minimum absolute atomic E-state index is 0.0401. The van der Waals surface area contributed by atoms with Gasteiger partial charge in [0.2, 0.25) is 0 Å². The highest BCUT2D eigenvalue weighted by Gasteiger charge is 2.31. The molecule has 0 atom stereocenters. The van der Waals surface area contributed by atoms with Crippen LogP contribution in [0.3, 0.4) is 0 Å². The number of benzene rings is 2. The van der Waals surface area contributed by atoms with Crippen LogP contribution in [-0.2, 0) is 17.5 Å². The second-order valence-electron chi connectivity index (χ2n) is 6.94. The molecule has 2 amide bonds. The summed E-state index contributed by atoms with van der Waals surface area (Å²) in [6.07, 6.45) is -2.69. The number of rotatable bonds is 7. The third-order valence-electron chi connectivity index (χ3n) is 4.37. The molecular formula is C22H25F3N2O3. The molecule has 2 aromatic carbocycles. The molecule has 5 nitrogen and oxygen atoms in total. The Labute approximate surface area is 173 Å². The largest absolute Gasteiger partial charge is 0.426 e. The lowest BCUT2D eigenvalue weighted by Crippen LogP contribution is -2.37. The number of unbranched alkanes of at least 4 members (excludes halogenated alkanes) is 1. The molecule has 0 saturated carbocycles. The summed E-state index contributed by atoms with van der Waals surface area (Å²) in [5.41, 5.74) is 0.490. The van der Waals surface area contributed by atoms with E-state index in [0.717, 1.165) is 36.6 Å². The molecular weight excluding hydrogens is 397 g/mol. The molecule has 0 bridgehead atoms. The van der Waals surface area contributed by atoms with E-state index in [-0.39, 0.29) is 23.9 Å². The zero-order chi connectivity index (χ0) is 22.3. The van der Waals surface area contributed by atoms with Gasteiger partial charge in [0.15, 0.2) is 0 Å². The van der Waals surface area contributed by atoms with E-state index in [1.54, 1.807) is 31.3 Å². The van der Waals surface area contributed by atoms with E-state index < -0.39 is 17.7 Å². The van der Waals surface area contributed by atoms with Crippen molar-refractivity contribution in [1.82, 2.24) is 10.2 Å². The number of carbonyl (C=O) groups excluding carboxylic acids is 2. The summed E-state index contributed by atoms with van der Waals surface area (Å²) in [7, 11) is 1.64. The van der Waals surface area contributed by atoms with E-state index in [2.05, 4.69) is 5.32 Å². The molecule has 0 aliphatic carbocycles. The number of halogens is 3. The van der Waals surface area contributed by atoms with Crippen molar-refractivity contribution in [2.45, 2.75) is 39.4 Å². The Hall–Kier alpha value is -3.03. The molecule has 0 saturated heterocycles. The first-order chi connectivity index (χ1) is 14.1. The lowest BCUT2D eigenvalue weighted by Gasteiger charge is -2.19. The number of hydrogen-bond acceptors (Lipinski definition) is 3. The summed E-state index contributed by atoms with van der Waals surface area (Å²) in [4.78, 5) is 25.0. The van der Waals surface area contributed by atoms with Crippen LogP contribution < -0.4 is 10.1 Å². The van der Waals surface area contributed by atoms with Gasteiger partial charge in [0.25, 0.3) is 0 Å². The normalized spacial score (nSPS) is 11.1. The predicted octanol–water partition coefficient (Wildman–Crippen LogP) is 5.24. The first-order valence-electron chi connectivity index (χ1n) is 9.59. The molecule has 8 heteroatoms.